The molecule has 0 aliphatic heterocycles. The van der Waals surface area contributed by atoms with Gasteiger partial charge in [-0.2, -0.15) is 0 Å². The number of hydrogen-bond donors (Lipinski definition) is 1. The Kier molecular flexibility index (Phi) is 2.00. The van der Waals surface area contributed by atoms with E-state index in [1.54, 1.807) is 12.1 Å². The van der Waals surface area contributed by atoms with Crippen molar-refractivity contribution in [3.05, 3.63) is 30.1 Å². The number of ether oxygens (including phenoxy) is 1. The summed E-state index contributed by atoms with van der Waals surface area (Å²) >= 11 is 0. The highest BCUT2D eigenvalue weighted by molar-refractivity contribution is 5.79. The van der Waals surface area contributed by atoms with E-state index in [0.717, 1.165) is 0 Å². The van der Waals surface area contributed by atoms with E-state index >= 15 is 0 Å². The molecule has 4 rings (SSSR count). The van der Waals surface area contributed by atoms with E-state index in [2.05, 4.69) is 0 Å². The molecule has 1 aromatic carbocycles. The van der Waals surface area contributed by atoms with Crippen LogP contribution in [0, 0.1) is 16.6 Å². The number of carbonyl (C=O) groups is 1. The van der Waals surface area contributed by atoms with Crippen molar-refractivity contribution in [2.45, 2.75) is 19.3 Å². The van der Waals surface area contributed by atoms with Crippen LogP contribution in [-0.4, -0.2) is 17.7 Å². The summed E-state index contributed by atoms with van der Waals surface area (Å²) in [5.41, 5.74) is -0.435. The molecular weight excluding hydrogens is 223 g/mol. The van der Waals surface area contributed by atoms with Crippen molar-refractivity contribution in [2.75, 3.05) is 6.61 Å². The Morgan fingerprint density at radius 2 is 2.12 bits per heavy atom. The molecule has 3 aliphatic rings. The second-order valence-electron chi connectivity index (χ2n) is 5.36. The Labute approximate surface area is 98.2 Å². The van der Waals surface area contributed by atoms with Crippen molar-refractivity contribution >= 4 is 5.97 Å². The molecule has 0 spiro atoms. The average Bonchev–Trinajstić information content (AvgIpc) is 2.13. The van der Waals surface area contributed by atoms with Gasteiger partial charge in [0.25, 0.3) is 0 Å². The van der Waals surface area contributed by atoms with Crippen LogP contribution in [0.4, 0.5) is 4.39 Å². The van der Waals surface area contributed by atoms with E-state index in [0.29, 0.717) is 31.6 Å². The van der Waals surface area contributed by atoms with E-state index in [1.165, 1.54) is 12.1 Å². The Hall–Kier alpha value is -1.58. The van der Waals surface area contributed by atoms with Gasteiger partial charge in [-0.3, -0.25) is 4.79 Å². The summed E-state index contributed by atoms with van der Waals surface area (Å²) in [5, 5.41) is 8.98. The van der Waals surface area contributed by atoms with Gasteiger partial charge in [-0.15, -0.1) is 0 Å². The number of carboxylic acid groups (broad SMARTS) is 1. The van der Waals surface area contributed by atoms with Crippen molar-refractivity contribution in [1.29, 1.82) is 0 Å². The molecule has 0 unspecified atom stereocenters. The zero-order chi connectivity index (χ0) is 12.1. The van der Waals surface area contributed by atoms with Gasteiger partial charge in [-0.25, -0.2) is 4.39 Å². The summed E-state index contributed by atoms with van der Waals surface area (Å²) < 4.78 is 18.4. The quantitative estimate of drug-likeness (QED) is 0.873. The topological polar surface area (TPSA) is 46.5 Å². The fourth-order valence-electron chi connectivity index (χ4n) is 3.17. The maximum atomic E-state index is 12.9. The molecule has 0 radical (unpaired) electrons. The average molecular weight is 236 g/mol. The molecule has 0 aromatic heterocycles. The largest absolute Gasteiger partial charge is 0.493 e. The minimum atomic E-state index is -0.690. The first-order valence-electron chi connectivity index (χ1n) is 5.66. The second-order valence-corrected chi connectivity index (χ2v) is 5.36. The van der Waals surface area contributed by atoms with Gasteiger partial charge in [0.1, 0.15) is 11.6 Å². The molecule has 1 aromatic rings. The molecule has 0 amide bonds. The van der Waals surface area contributed by atoms with Crippen molar-refractivity contribution in [1.82, 2.24) is 0 Å². The molecule has 17 heavy (non-hydrogen) atoms. The number of aliphatic carboxylic acids is 1. The number of hydrogen-bond acceptors (Lipinski definition) is 2. The van der Waals surface area contributed by atoms with Gasteiger partial charge in [0.05, 0.1) is 12.0 Å². The highest BCUT2D eigenvalue weighted by Gasteiger charge is 2.72. The molecule has 3 fully saturated rings. The monoisotopic (exact) mass is 236 g/mol. The van der Waals surface area contributed by atoms with Crippen molar-refractivity contribution in [3.8, 4) is 5.75 Å². The van der Waals surface area contributed by atoms with Gasteiger partial charge in [0, 0.05) is 11.5 Å². The minimum Gasteiger partial charge on any atom is -0.493 e. The lowest BCUT2D eigenvalue weighted by atomic mass is 9.35. The smallest absolute Gasteiger partial charge is 0.309 e. The van der Waals surface area contributed by atoms with Crippen LogP contribution in [0.25, 0.3) is 0 Å². The first-order chi connectivity index (χ1) is 8.04. The standard InChI is InChI=1S/C13H13FO3/c14-9-2-1-3-10(4-9)17-8-12-5-13(6-12,7-12)11(15)16/h1-4H,5-8H2,(H,15,16). The molecule has 1 N–H and O–H groups in total. The first-order valence-corrected chi connectivity index (χ1v) is 5.66. The molecule has 4 heteroatoms. The van der Waals surface area contributed by atoms with E-state index in [4.69, 9.17) is 9.84 Å². The number of benzene rings is 1. The van der Waals surface area contributed by atoms with Crippen molar-refractivity contribution in [2.24, 2.45) is 10.8 Å². The van der Waals surface area contributed by atoms with Crippen molar-refractivity contribution in [3.63, 3.8) is 0 Å². The van der Waals surface area contributed by atoms with Crippen LogP contribution in [0.2, 0.25) is 0 Å². The number of carboxylic acids is 1. The van der Waals surface area contributed by atoms with Crippen LogP contribution in [0.1, 0.15) is 19.3 Å². The van der Waals surface area contributed by atoms with Crippen LogP contribution in [0.3, 0.4) is 0 Å². The Bertz CT molecular complexity index is 464. The molecule has 2 bridgehead atoms. The maximum absolute atomic E-state index is 12.9. The molecule has 0 saturated heterocycles. The molecule has 3 saturated carbocycles. The maximum Gasteiger partial charge on any atom is 0.309 e. The third-order valence-electron chi connectivity index (χ3n) is 3.93. The molecule has 3 aliphatic carbocycles. The van der Waals surface area contributed by atoms with Crippen LogP contribution < -0.4 is 4.74 Å². The van der Waals surface area contributed by atoms with Gasteiger partial charge >= 0.3 is 5.97 Å². The van der Waals surface area contributed by atoms with Gasteiger partial charge in [-0.05, 0) is 31.4 Å². The van der Waals surface area contributed by atoms with Gasteiger partial charge in [0.2, 0.25) is 0 Å². The lowest BCUT2D eigenvalue weighted by molar-refractivity contribution is -0.231. The summed E-state index contributed by atoms with van der Waals surface area (Å²) in [6.07, 6.45) is 2.10. The predicted octanol–water partition coefficient (Wildman–Crippen LogP) is 2.46. The van der Waals surface area contributed by atoms with Crippen LogP contribution >= 0.6 is 0 Å². The summed E-state index contributed by atoms with van der Waals surface area (Å²) in [6.45, 7) is 0.492. The van der Waals surface area contributed by atoms with Gasteiger partial charge < -0.3 is 9.84 Å². The van der Waals surface area contributed by atoms with Crippen LogP contribution in [-0.2, 0) is 4.79 Å². The summed E-state index contributed by atoms with van der Waals surface area (Å²) in [5.74, 6) is -0.494. The Morgan fingerprint density at radius 1 is 1.41 bits per heavy atom. The molecule has 90 valence electrons. The third-order valence-corrected chi connectivity index (χ3v) is 3.93. The van der Waals surface area contributed by atoms with Gasteiger partial charge in [-0.1, -0.05) is 6.07 Å². The second kappa shape index (κ2) is 3.22. The molecule has 0 heterocycles. The Balaban J connectivity index is 1.56. The highest BCUT2D eigenvalue weighted by atomic mass is 19.1. The summed E-state index contributed by atoms with van der Waals surface area (Å²) in [4.78, 5) is 10.9. The lowest BCUT2D eigenvalue weighted by Gasteiger charge is -2.67. The fourth-order valence-corrected chi connectivity index (χ4v) is 3.17. The third kappa shape index (κ3) is 1.51. The number of halogens is 1. The fraction of sp³-hybridized carbons (Fsp3) is 0.462. The van der Waals surface area contributed by atoms with Crippen molar-refractivity contribution < 1.29 is 19.0 Å². The molecular formula is C13H13FO3. The van der Waals surface area contributed by atoms with Gasteiger partial charge in [0.15, 0.2) is 0 Å². The molecule has 3 nitrogen and oxygen atoms in total. The summed E-state index contributed by atoms with van der Waals surface area (Å²) in [7, 11) is 0. The molecule has 0 atom stereocenters. The highest BCUT2D eigenvalue weighted by Crippen LogP contribution is 2.73. The predicted molar refractivity (Wildman–Crippen MR) is 58.2 cm³/mol. The Morgan fingerprint density at radius 3 is 2.71 bits per heavy atom. The first kappa shape index (κ1) is 10.6. The lowest BCUT2D eigenvalue weighted by Crippen LogP contribution is -2.67. The van der Waals surface area contributed by atoms with E-state index in [9.17, 15) is 9.18 Å². The zero-order valence-corrected chi connectivity index (χ0v) is 9.28. The number of rotatable bonds is 4. The van der Waals surface area contributed by atoms with E-state index in [-0.39, 0.29) is 11.2 Å². The van der Waals surface area contributed by atoms with Crippen LogP contribution in [0.15, 0.2) is 24.3 Å². The summed E-state index contributed by atoms with van der Waals surface area (Å²) in [6, 6.07) is 6.03. The van der Waals surface area contributed by atoms with E-state index < -0.39 is 11.4 Å². The van der Waals surface area contributed by atoms with Crippen LogP contribution in [0.5, 0.6) is 5.75 Å². The van der Waals surface area contributed by atoms with E-state index in [1.807, 2.05) is 0 Å². The SMILES string of the molecule is O=C(O)C12CC(COc3cccc(F)c3)(C1)C2. The normalized spacial score (nSPS) is 33.5. The minimum absolute atomic E-state index is 0.0324. The zero-order valence-electron chi connectivity index (χ0n) is 9.28.